The second-order valence-electron chi connectivity index (χ2n) is 7.25. The van der Waals surface area contributed by atoms with E-state index in [2.05, 4.69) is 38.5 Å². The molecule has 3 aromatic rings. The minimum absolute atomic E-state index is 0.108. The van der Waals surface area contributed by atoms with Gasteiger partial charge in [0, 0.05) is 49.9 Å². The normalized spacial score (nSPS) is 18.1. The molecule has 1 aliphatic rings. The monoisotopic (exact) mass is 366 g/mol. The van der Waals surface area contributed by atoms with Crippen LogP contribution in [0.15, 0.2) is 41.3 Å². The maximum atomic E-state index is 11.9. The van der Waals surface area contributed by atoms with Gasteiger partial charge in [-0.1, -0.05) is 30.3 Å². The van der Waals surface area contributed by atoms with Crippen LogP contribution >= 0.6 is 0 Å². The van der Waals surface area contributed by atoms with E-state index >= 15 is 0 Å². The summed E-state index contributed by atoms with van der Waals surface area (Å²) in [5.41, 5.74) is 3.32. The fourth-order valence-electron chi connectivity index (χ4n) is 4.09. The molecule has 0 radical (unpaired) electrons. The van der Waals surface area contributed by atoms with Crippen molar-refractivity contribution in [1.29, 1.82) is 0 Å². The van der Waals surface area contributed by atoms with Gasteiger partial charge in [-0.2, -0.15) is 10.2 Å². The van der Waals surface area contributed by atoms with E-state index < -0.39 is 0 Å². The molecule has 1 saturated heterocycles. The Morgan fingerprint density at radius 2 is 2.07 bits per heavy atom. The average molecular weight is 366 g/mol. The highest BCUT2D eigenvalue weighted by Crippen LogP contribution is 2.28. The Morgan fingerprint density at radius 3 is 2.85 bits per heavy atom. The van der Waals surface area contributed by atoms with Gasteiger partial charge >= 0.3 is 5.69 Å². The van der Waals surface area contributed by atoms with Gasteiger partial charge in [-0.05, 0) is 26.3 Å². The van der Waals surface area contributed by atoms with E-state index in [0.717, 1.165) is 49.6 Å². The Morgan fingerprint density at radius 1 is 1.26 bits per heavy atom. The SMILES string of the molecule is CCn1c([C@H]2CCCN(Cc3cn(C)nc3-c3ccccc3)C2)n[nH]c1=O. The lowest BCUT2D eigenvalue weighted by Gasteiger charge is -2.32. The van der Waals surface area contributed by atoms with E-state index in [9.17, 15) is 4.79 Å². The van der Waals surface area contributed by atoms with Crippen LogP contribution in [0.2, 0.25) is 0 Å². The molecule has 7 heteroatoms. The summed E-state index contributed by atoms with van der Waals surface area (Å²) in [6.07, 6.45) is 4.29. The molecule has 4 rings (SSSR count). The molecule has 1 atom stereocenters. The number of aryl methyl sites for hydroxylation is 1. The van der Waals surface area contributed by atoms with Crippen LogP contribution in [0.1, 0.15) is 37.1 Å². The molecular weight excluding hydrogens is 340 g/mol. The predicted octanol–water partition coefficient (Wildman–Crippen LogP) is 2.37. The van der Waals surface area contributed by atoms with Crippen molar-refractivity contribution in [2.24, 2.45) is 7.05 Å². The lowest BCUT2D eigenvalue weighted by molar-refractivity contribution is 0.194. The molecule has 0 spiro atoms. The highest BCUT2D eigenvalue weighted by Gasteiger charge is 2.26. The van der Waals surface area contributed by atoms with Crippen LogP contribution in [-0.2, 0) is 20.1 Å². The van der Waals surface area contributed by atoms with Gasteiger partial charge in [0.05, 0.1) is 5.69 Å². The lowest BCUT2D eigenvalue weighted by Crippen LogP contribution is -2.35. The third-order valence-electron chi connectivity index (χ3n) is 5.32. The first-order valence-electron chi connectivity index (χ1n) is 9.61. The molecular formula is C20H26N6O. The van der Waals surface area contributed by atoms with Crippen molar-refractivity contribution in [1.82, 2.24) is 29.4 Å². The van der Waals surface area contributed by atoms with Crippen molar-refractivity contribution < 1.29 is 0 Å². The van der Waals surface area contributed by atoms with Gasteiger partial charge < -0.3 is 0 Å². The number of piperidine rings is 1. The Labute approximate surface area is 158 Å². The maximum absolute atomic E-state index is 11.9. The first-order valence-corrected chi connectivity index (χ1v) is 9.61. The number of nitrogens with zero attached hydrogens (tertiary/aromatic N) is 5. The number of aromatic amines is 1. The Hall–Kier alpha value is -2.67. The largest absolute Gasteiger partial charge is 0.343 e. The number of hydrogen-bond donors (Lipinski definition) is 1. The van der Waals surface area contributed by atoms with E-state index in [1.54, 1.807) is 4.57 Å². The van der Waals surface area contributed by atoms with Gasteiger partial charge in [-0.15, -0.1) is 0 Å². The van der Waals surface area contributed by atoms with Crippen LogP contribution in [-0.4, -0.2) is 42.5 Å². The molecule has 1 aliphatic heterocycles. The topological polar surface area (TPSA) is 71.7 Å². The van der Waals surface area contributed by atoms with Crippen LogP contribution < -0.4 is 5.69 Å². The Balaban J connectivity index is 1.54. The molecule has 1 fully saturated rings. The van der Waals surface area contributed by atoms with Crippen molar-refractivity contribution in [2.45, 2.75) is 38.8 Å². The number of aromatic nitrogens is 5. The molecule has 1 N–H and O–H groups in total. The zero-order valence-corrected chi connectivity index (χ0v) is 15.9. The molecule has 2 aromatic heterocycles. The smallest absolute Gasteiger partial charge is 0.298 e. The van der Waals surface area contributed by atoms with Gasteiger partial charge in [0.15, 0.2) is 0 Å². The van der Waals surface area contributed by atoms with Crippen molar-refractivity contribution in [3.63, 3.8) is 0 Å². The summed E-state index contributed by atoms with van der Waals surface area (Å²) in [5.74, 6) is 1.18. The van der Waals surface area contributed by atoms with Crippen LogP contribution in [0, 0.1) is 0 Å². The third kappa shape index (κ3) is 3.60. The average Bonchev–Trinajstić information content (AvgIpc) is 3.24. The molecule has 0 bridgehead atoms. The van der Waals surface area contributed by atoms with Gasteiger partial charge in [-0.25, -0.2) is 9.89 Å². The minimum atomic E-state index is -0.108. The van der Waals surface area contributed by atoms with Crippen molar-refractivity contribution in [3.05, 3.63) is 58.4 Å². The summed E-state index contributed by atoms with van der Waals surface area (Å²) >= 11 is 0. The van der Waals surface area contributed by atoms with Crippen LogP contribution in [0.4, 0.5) is 0 Å². The highest BCUT2D eigenvalue weighted by atomic mass is 16.1. The van der Waals surface area contributed by atoms with Gasteiger partial charge in [-0.3, -0.25) is 14.1 Å². The van der Waals surface area contributed by atoms with Gasteiger partial charge in [0.2, 0.25) is 0 Å². The van der Waals surface area contributed by atoms with E-state index in [0.29, 0.717) is 6.54 Å². The first-order chi connectivity index (χ1) is 13.2. The Kier molecular flexibility index (Phi) is 4.94. The zero-order valence-electron chi connectivity index (χ0n) is 15.9. The summed E-state index contributed by atoms with van der Waals surface area (Å²) in [4.78, 5) is 14.4. The predicted molar refractivity (Wildman–Crippen MR) is 104 cm³/mol. The second-order valence-corrected chi connectivity index (χ2v) is 7.25. The number of rotatable bonds is 5. The summed E-state index contributed by atoms with van der Waals surface area (Å²) in [6.45, 7) is 5.47. The number of H-pyrrole nitrogens is 1. The van der Waals surface area contributed by atoms with Gasteiger partial charge in [0.1, 0.15) is 5.82 Å². The van der Waals surface area contributed by atoms with Crippen molar-refractivity contribution >= 4 is 0 Å². The van der Waals surface area contributed by atoms with Crippen LogP contribution in [0.25, 0.3) is 11.3 Å². The summed E-state index contributed by atoms with van der Waals surface area (Å²) in [7, 11) is 1.97. The molecule has 142 valence electrons. The second kappa shape index (κ2) is 7.52. The fraction of sp³-hybridized carbons (Fsp3) is 0.450. The van der Waals surface area contributed by atoms with E-state index in [-0.39, 0.29) is 11.6 Å². The summed E-state index contributed by atoms with van der Waals surface area (Å²) < 4.78 is 3.65. The van der Waals surface area contributed by atoms with Crippen molar-refractivity contribution in [3.8, 4) is 11.3 Å². The first kappa shape index (κ1) is 17.7. The molecule has 27 heavy (non-hydrogen) atoms. The Bertz CT molecular complexity index is 955. The third-order valence-corrected chi connectivity index (χ3v) is 5.32. The molecule has 0 unspecified atom stereocenters. The van der Waals surface area contributed by atoms with E-state index in [4.69, 9.17) is 0 Å². The maximum Gasteiger partial charge on any atom is 0.343 e. The van der Waals surface area contributed by atoms with Gasteiger partial charge in [0.25, 0.3) is 0 Å². The van der Waals surface area contributed by atoms with Crippen LogP contribution in [0.5, 0.6) is 0 Å². The quantitative estimate of drug-likeness (QED) is 0.752. The number of likely N-dealkylation sites (tertiary alicyclic amines) is 1. The molecule has 1 aromatic carbocycles. The van der Waals surface area contributed by atoms with E-state index in [1.165, 1.54) is 5.56 Å². The number of nitrogens with one attached hydrogen (secondary N) is 1. The molecule has 0 saturated carbocycles. The lowest BCUT2D eigenvalue weighted by atomic mass is 9.96. The van der Waals surface area contributed by atoms with Crippen LogP contribution in [0.3, 0.4) is 0 Å². The fourth-order valence-corrected chi connectivity index (χ4v) is 4.09. The van der Waals surface area contributed by atoms with E-state index in [1.807, 2.05) is 36.9 Å². The summed E-state index contributed by atoms with van der Waals surface area (Å²) in [5, 5.41) is 11.6. The standard InChI is InChI=1S/C20H26N6O/c1-3-26-19(21-22-20(26)27)16-10-7-11-25(13-16)14-17-12-24(2)23-18(17)15-8-5-4-6-9-15/h4-6,8-9,12,16H,3,7,10-11,13-14H2,1-2H3,(H,22,27)/t16-/m0/s1. The molecule has 0 amide bonds. The highest BCUT2D eigenvalue weighted by molar-refractivity contribution is 5.62. The summed E-state index contributed by atoms with van der Waals surface area (Å²) in [6, 6.07) is 10.3. The molecule has 7 nitrogen and oxygen atoms in total. The minimum Gasteiger partial charge on any atom is -0.298 e. The number of hydrogen-bond acceptors (Lipinski definition) is 4. The number of benzene rings is 1. The molecule has 3 heterocycles. The zero-order chi connectivity index (χ0) is 18.8. The van der Waals surface area contributed by atoms with Crippen molar-refractivity contribution in [2.75, 3.05) is 13.1 Å². The molecule has 0 aliphatic carbocycles.